The second-order valence-electron chi connectivity index (χ2n) is 6.06. The van der Waals surface area contributed by atoms with Gasteiger partial charge in [0.15, 0.2) is 0 Å². The zero-order chi connectivity index (χ0) is 14.3. The zero-order valence-corrected chi connectivity index (χ0v) is 12.7. The molecule has 0 spiro atoms. The number of hydrogen-bond donors (Lipinski definition) is 0. The highest BCUT2D eigenvalue weighted by Crippen LogP contribution is 2.29. The van der Waals surface area contributed by atoms with Gasteiger partial charge in [0.1, 0.15) is 0 Å². The minimum atomic E-state index is 0.537. The molecule has 0 amide bonds. The van der Waals surface area contributed by atoms with Gasteiger partial charge >= 0.3 is 0 Å². The predicted octanol–water partition coefficient (Wildman–Crippen LogP) is 4.69. The van der Waals surface area contributed by atoms with Crippen LogP contribution in [0.1, 0.15) is 42.7 Å². The second kappa shape index (κ2) is 7.42. The van der Waals surface area contributed by atoms with Gasteiger partial charge in [-0.25, -0.2) is 0 Å². The third kappa shape index (κ3) is 3.95. The summed E-state index contributed by atoms with van der Waals surface area (Å²) in [6, 6.07) is 21.9. The van der Waals surface area contributed by atoms with Crippen LogP contribution in [0.2, 0.25) is 0 Å². The Balaban J connectivity index is 1.67. The van der Waals surface area contributed by atoms with Crippen LogP contribution in [0.25, 0.3) is 0 Å². The van der Waals surface area contributed by atoms with Crippen molar-refractivity contribution in [3.8, 4) is 0 Å². The van der Waals surface area contributed by atoms with E-state index in [9.17, 15) is 0 Å². The van der Waals surface area contributed by atoms with Crippen LogP contribution in [-0.2, 0) is 0 Å². The van der Waals surface area contributed by atoms with Crippen LogP contribution in [0.3, 0.4) is 0 Å². The number of hydrogen-bond acceptors (Lipinski definition) is 1. The molecule has 2 aromatic carbocycles. The van der Waals surface area contributed by atoms with Gasteiger partial charge in [0.05, 0.1) is 0 Å². The summed E-state index contributed by atoms with van der Waals surface area (Å²) in [6.07, 6.45) is 5.31. The van der Waals surface area contributed by atoms with Crippen molar-refractivity contribution in [2.75, 3.05) is 19.6 Å². The summed E-state index contributed by atoms with van der Waals surface area (Å²) in [6.45, 7) is 3.87. The predicted molar refractivity (Wildman–Crippen MR) is 89.6 cm³/mol. The second-order valence-corrected chi connectivity index (χ2v) is 6.06. The molecule has 1 nitrogen and oxygen atoms in total. The lowest BCUT2D eigenvalue weighted by atomic mass is 9.87. The molecule has 1 aliphatic rings. The molecule has 0 bridgehead atoms. The first-order valence-corrected chi connectivity index (χ1v) is 8.26. The lowest BCUT2D eigenvalue weighted by Gasteiger charge is -2.20. The Morgan fingerprint density at radius 1 is 0.762 bits per heavy atom. The Labute approximate surface area is 128 Å². The smallest absolute Gasteiger partial charge is 0.00898 e. The molecule has 0 saturated carbocycles. The Morgan fingerprint density at radius 2 is 1.29 bits per heavy atom. The molecule has 1 saturated heterocycles. The van der Waals surface area contributed by atoms with Crippen molar-refractivity contribution in [2.45, 2.75) is 31.6 Å². The topological polar surface area (TPSA) is 3.24 Å². The van der Waals surface area contributed by atoms with Crippen LogP contribution < -0.4 is 0 Å². The molecule has 110 valence electrons. The van der Waals surface area contributed by atoms with Crippen LogP contribution in [0.5, 0.6) is 0 Å². The summed E-state index contributed by atoms with van der Waals surface area (Å²) < 4.78 is 0. The summed E-state index contributed by atoms with van der Waals surface area (Å²) in [5.74, 6) is 0.537. The molecule has 1 aliphatic heterocycles. The van der Waals surface area contributed by atoms with E-state index in [4.69, 9.17) is 0 Å². The standard InChI is InChI=1S/C20H25N/c1-3-10-18(11-4-1)20(19-12-5-2-6-13-19)14-9-17-21-15-7-8-16-21/h1-6,10-13,20H,7-9,14-17H2. The van der Waals surface area contributed by atoms with Crippen LogP contribution in [0.15, 0.2) is 60.7 Å². The van der Waals surface area contributed by atoms with Crippen LogP contribution in [-0.4, -0.2) is 24.5 Å². The van der Waals surface area contributed by atoms with Crippen LogP contribution >= 0.6 is 0 Å². The van der Waals surface area contributed by atoms with Gasteiger partial charge in [0.2, 0.25) is 0 Å². The molecule has 0 N–H and O–H groups in total. The van der Waals surface area contributed by atoms with Crippen LogP contribution in [0, 0.1) is 0 Å². The normalized spacial score (nSPS) is 15.7. The summed E-state index contributed by atoms with van der Waals surface area (Å²) in [5.41, 5.74) is 2.90. The van der Waals surface area contributed by atoms with E-state index in [-0.39, 0.29) is 0 Å². The van der Waals surface area contributed by atoms with Crippen molar-refractivity contribution >= 4 is 0 Å². The van der Waals surface area contributed by atoms with Gasteiger partial charge in [0.25, 0.3) is 0 Å². The van der Waals surface area contributed by atoms with Crippen molar-refractivity contribution in [1.82, 2.24) is 4.90 Å². The maximum absolute atomic E-state index is 2.62. The molecule has 2 aromatic rings. The monoisotopic (exact) mass is 279 g/mol. The van der Waals surface area contributed by atoms with Gasteiger partial charge in [-0.2, -0.15) is 0 Å². The zero-order valence-electron chi connectivity index (χ0n) is 12.7. The SMILES string of the molecule is c1ccc(C(CCCN2CCCC2)c2ccccc2)cc1. The highest BCUT2D eigenvalue weighted by atomic mass is 15.1. The minimum Gasteiger partial charge on any atom is -0.303 e. The fourth-order valence-corrected chi connectivity index (χ4v) is 3.42. The third-order valence-corrected chi connectivity index (χ3v) is 4.57. The summed E-state index contributed by atoms with van der Waals surface area (Å²) in [5, 5.41) is 0. The Kier molecular flexibility index (Phi) is 5.07. The largest absolute Gasteiger partial charge is 0.303 e. The molecule has 21 heavy (non-hydrogen) atoms. The van der Waals surface area contributed by atoms with Crippen LogP contribution in [0.4, 0.5) is 0 Å². The van der Waals surface area contributed by atoms with E-state index in [0.717, 1.165) is 0 Å². The highest BCUT2D eigenvalue weighted by molar-refractivity contribution is 5.32. The van der Waals surface area contributed by atoms with Crippen molar-refractivity contribution in [2.24, 2.45) is 0 Å². The molecule has 3 rings (SSSR count). The summed E-state index contributed by atoms with van der Waals surface area (Å²) in [4.78, 5) is 2.62. The quantitative estimate of drug-likeness (QED) is 0.741. The van der Waals surface area contributed by atoms with E-state index in [1.54, 1.807) is 0 Å². The average molecular weight is 279 g/mol. The molecular weight excluding hydrogens is 254 g/mol. The van der Waals surface area contributed by atoms with E-state index in [1.165, 1.54) is 56.4 Å². The van der Waals surface area contributed by atoms with Crippen molar-refractivity contribution < 1.29 is 0 Å². The summed E-state index contributed by atoms with van der Waals surface area (Å²) in [7, 11) is 0. The number of likely N-dealkylation sites (tertiary alicyclic amines) is 1. The summed E-state index contributed by atoms with van der Waals surface area (Å²) >= 11 is 0. The van der Waals surface area contributed by atoms with Gasteiger partial charge in [-0.1, -0.05) is 60.7 Å². The van der Waals surface area contributed by atoms with Crippen molar-refractivity contribution in [3.63, 3.8) is 0 Å². The van der Waals surface area contributed by atoms with Gasteiger partial charge in [-0.15, -0.1) is 0 Å². The number of benzene rings is 2. The molecular formula is C20H25N. The van der Waals surface area contributed by atoms with E-state index < -0.39 is 0 Å². The first-order chi connectivity index (χ1) is 10.4. The molecule has 0 radical (unpaired) electrons. The van der Waals surface area contributed by atoms with Gasteiger partial charge < -0.3 is 4.90 Å². The van der Waals surface area contributed by atoms with Gasteiger partial charge in [0, 0.05) is 5.92 Å². The molecule has 0 aliphatic carbocycles. The molecule has 0 aromatic heterocycles. The lowest BCUT2D eigenvalue weighted by Crippen LogP contribution is -2.20. The van der Waals surface area contributed by atoms with E-state index in [1.807, 2.05) is 0 Å². The maximum atomic E-state index is 2.62. The molecule has 0 unspecified atom stereocenters. The Hall–Kier alpha value is -1.60. The molecule has 0 atom stereocenters. The van der Waals surface area contributed by atoms with Crippen molar-refractivity contribution in [1.29, 1.82) is 0 Å². The van der Waals surface area contributed by atoms with E-state index in [2.05, 4.69) is 65.6 Å². The third-order valence-electron chi connectivity index (χ3n) is 4.57. The van der Waals surface area contributed by atoms with Gasteiger partial charge in [-0.05, 0) is 56.4 Å². The first kappa shape index (κ1) is 14.3. The molecule has 1 fully saturated rings. The first-order valence-electron chi connectivity index (χ1n) is 8.26. The molecule has 1 heteroatoms. The molecule has 1 heterocycles. The van der Waals surface area contributed by atoms with Gasteiger partial charge in [-0.3, -0.25) is 0 Å². The Bertz CT molecular complexity index is 475. The lowest BCUT2D eigenvalue weighted by molar-refractivity contribution is 0.327. The Morgan fingerprint density at radius 3 is 1.81 bits per heavy atom. The maximum Gasteiger partial charge on any atom is 0.00898 e. The van der Waals surface area contributed by atoms with Crippen molar-refractivity contribution in [3.05, 3.63) is 71.8 Å². The number of nitrogens with zero attached hydrogens (tertiary/aromatic N) is 1. The number of rotatable bonds is 6. The average Bonchev–Trinajstić information content (AvgIpc) is 3.07. The highest BCUT2D eigenvalue weighted by Gasteiger charge is 2.15. The fourth-order valence-electron chi connectivity index (χ4n) is 3.42. The van der Waals surface area contributed by atoms with E-state index >= 15 is 0 Å². The fraction of sp³-hybridized carbons (Fsp3) is 0.400. The van der Waals surface area contributed by atoms with E-state index in [0.29, 0.717) is 5.92 Å². The minimum absolute atomic E-state index is 0.537.